The molecule has 8 heteroatoms. The third kappa shape index (κ3) is 4.99. The largest absolute Gasteiger partial charge is 0.343 e. The van der Waals surface area contributed by atoms with Gasteiger partial charge in [0.15, 0.2) is 0 Å². The molecule has 0 unspecified atom stereocenters. The lowest BCUT2D eigenvalue weighted by molar-refractivity contribution is -0.121. The Bertz CT molecular complexity index is 845. The fourth-order valence-electron chi connectivity index (χ4n) is 2.17. The fraction of sp³-hybridized carbons (Fsp3) is 0.235. The highest BCUT2D eigenvalue weighted by Crippen LogP contribution is 2.18. The van der Waals surface area contributed by atoms with Crippen LogP contribution in [0.4, 0.5) is 10.1 Å². The van der Waals surface area contributed by atoms with Gasteiger partial charge in [-0.15, -0.1) is 0 Å². The van der Waals surface area contributed by atoms with Crippen molar-refractivity contribution in [1.29, 1.82) is 0 Å². The number of benzene rings is 1. The van der Waals surface area contributed by atoms with Crippen LogP contribution in [-0.4, -0.2) is 28.1 Å². The maximum atomic E-state index is 13.6. The van der Waals surface area contributed by atoms with E-state index in [1.54, 1.807) is 30.8 Å². The van der Waals surface area contributed by atoms with E-state index in [4.69, 9.17) is 0 Å². The van der Waals surface area contributed by atoms with E-state index in [0.29, 0.717) is 15.9 Å². The molecule has 2 amide bonds. The average molecular weight is 409 g/mol. The number of carbonyl (C=O) groups excluding carboxylic acids is 2. The molecule has 1 heterocycles. The molecule has 25 heavy (non-hydrogen) atoms. The molecule has 6 nitrogen and oxygen atoms in total. The van der Waals surface area contributed by atoms with E-state index < -0.39 is 11.7 Å². The fourth-order valence-corrected chi connectivity index (χ4v) is 2.55. The summed E-state index contributed by atoms with van der Waals surface area (Å²) in [6.07, 6.45) is 2.53. The van der Waals surface area contributed by atoms with Crippen molar-refractivity contribution >= 4 is 39.5 Å². The highest BCUT2D eigenvalue weighted by molar-refractivity contribution is 9.10. The number of nitrogens with zero attached hydrogens (tertiary/aromatic N) is 2. The Balaban J connectivity index is 1.90. The third-order valence-corrected chi connectivity index (χ3v) is 4.06. The molecule has 2 rings (SSSR count). The monoisotopic (exact) mass is 408 g/mol. The van der Waals surface area contributed by atoms with Gasteiger partial charge in [-0.25, -0.2) is 4.39 Å². The van der Waals surface area contributed by atoms with Crippen molar-refractivity contribution in [3.63, 3.8) is 0 Å². The quantitative estimate of drug-likeness (QED) is 0.746. The van der Waals surface area contributed by atoms with Crippen LogP contribution < -0.4 is 10.6 Å². The first-order valence-electron chi connectivity index (χ1n) is 7.49. The van der Waals surface area contributed by atoms with Crippen LogP contribution in [0.2, 0.25) is 0 Å². The van der Waals surface area contributed by atoms with Gasteiger partial charge in [-0.1, -0.05) is 15.9 Å². The maximum absolute atomic E-state index is 13.6. The molecule has 0 spiro atoms. The first kappa shape index (κ1) is 18.9. The van der Waals surface area contributed by atoms with Crippen molar-refractivity contribution < 1.29 is 14.0 Å². The minimum atomic E-state index is -0.492. The molecule has 0 radical (unpaired) electrons. The molecule has 2 aromatic rings. The zero-order valence-corrected chi connectivity index (χ0v) is 15.6. The van der Waals surface area contributed by atoms with Gasteiger partial charge in [0.05, 0.1) is 23.6 Å². The molecule has 0 bridgehead atoms. The van der Waals surface area contributed by atoms with Gasteiger partial charge in [-0.3, -0.25) is 14.3 Å². The van der Waals surface area contributed by atoms with E-state index in [1.165, 1.54) is 18.2 Å². The summed E-state index contributed by atoms with van der Waals surface area (Å²) in [7, 11) is 1.78. The number of hydrogen-bond donors (Lipinski definition) is 2. The highest BCUT2D eigenvalue weighted by Gasteiger charge is 2.12. The van der Waals surface area contributed by atoms with Gasteiger partial charge in [0, 0.05) is 23.2 Å². The number of halogens is 2. The lowest BCUT2D eigenvalue weighted by atomic mass is 10.2. The predicted octanol–water partition coefficient (Wildman–Crippen LogP) is 2.71. The molecule has 2 N–H and O–H groups in total. The molecule has 1 aromatic carbocycles. The van der Waals surface area contributed by atoms with Crippen LogP contribution in [0.1, 0.15) is 17.0 Å². The van der Waals surface area contributed by atoms with E-state index in [0.717, 1.165) is 5.69 Å². The second-order valence-corrected chi connectivity index (χ2v) is 6.35. The van der Waals surface area contributed by atoms with E-state index in [2.05, 4.69) is 31.7 Å². The zero-order chi connectivity index (χ0) is 18.6. The first-order valence-corrected chi connectivity index (χ1v) is 8.28. The number of aromatic nitrogens is 2. The van der Waals surface area contributed by atoms with Gasteiger partial charge in [-0.05, 0) is 38.1 Å². The molecular weight excluding hydrogens is 391 g/mol. The van der Waals surface area contributed by atoms with E-state index in [-0.39, 0.29) is 18.0 Å². The standard InChI is InChI=1S/C17H18BrFN4O2/c1-10-17(11(2)23(3)22-10)21-16(25)9-20-15(24)7-4-12-8-13(18)5-6-14(12)19/h4-8H,9H2,1-3H3,(H,20,24)(H,21,25)/b7-4+. The zero-order valence-electron chi connectivity index (χ0n) is 14.1. The molecule has 0 aliphatic rings. The summed E-state index contributed by atoms with van der Waals surface area (Å²) in [5.41, 5.74) is 2.43. The van der Waals surface area contributed by atoms with Gasteiger partial charge >= 0.3 is 0 Å². The first-order chi connectivity index (χ1) is 11.8. The second-order valence-electron chi connectivity index (χ2n) is 5.43. The van der Waals surface area contributed by atoms with Crippen LogP contribution in [-0.2, 0) is 16.6 Å². The van der Waals surface area contributed by atoms with Gasteiger partial charge < -0.3 is 10.6 Å². The maximum Gasteiger partial charge on any atom is 0.244 e. The number of anilines is 1. The Kier molecular flexibility index (Phi) is 6.08. The van der Waals surface area contributed by atoms with Crippen molar-refractivity contribution in [2.75, 3.05) is 11.9 Å². The Labute approximate surface area is 153 Å². The van der Waals surface area contributed by atoms with Crippen LogP contribution in [0.15, 0.2) is 28.7 Å². The summed E-state index contributed by atoms with van der Waals surface area (Å²) in [6.45, 7) is 3.43. The van der Waals surface area contributed by atoms with Crippen LogP contribution in [0, 0.1) is 19.7 Å². The SMILES string of the molecule is Cc1nn(C)c(C)c1NC(=O)CNC(=O)/C=C/c1cc(Br)ccc1F. The second kappa shape index (κ2) is 8.06. The van der Waals surface area contributed by atoms with Gasteiger partial charge in [0.1, 0.15) is 5.82 Å². The molecule has 132 valence electrons. The summed E-state index contributed by atoms with van der Waals surface area (Å²) in [4.78, 5) is 23.7. The average Bonchev–Trinajstić information content (AvgIpc) is 2.80. The van der Waals surface area contributed by atoms with Crippen LogP contribution in [0.5, 0.6) is 0 Å². The Hall–Kier alpha value is -2.48. The Morgan fingerprint density at radius 2 is 2.08 bits per heavy atom. The Morgan fingerprint density at radius 1 is 1.36 bits per heavy atom. The molecule has 1 aromatic heterocycles. The van der Waals surface area contributed by atoms with E-state index in [9.17, 15) is 14.0 Å². The lowest BCUT2D eigenvalue weighted by Crippen LogP contribution is -2.32. The molecular formula is C17H18BrFN4O2. The van der Waals surface area contributed by atoms with Crippen molar-refractivity contribution in [3.05, 3.63) is 51.5 Å². The Morgan fingerprint density at radius 3 is 2.72 bits per heavy atom. The van der Waals surface area contributed by atoms with Gasteiger partial charge in [0.2, 0.25) is 11.8 Å². The minimum absolute atomic E-state index is 0.197. The summed E-state index contributed by atoms with van der Waals surface area (Å²) >= 11 is 3.24. The van der Waals surface area contributed by atoms with Crippen molar-refractivity contribution in [2.24, 2.45) is 7.05 Å². The van der Waals surface area contributed by atoms with Crippen LogP contribution >= 0.6 is 15.9 Å². The molecule has 0 saturated carbocycles. The van der Waals surface area contributed by atoms with Crippen LogP contribution in [0.25, 0.3) is 6.08 Å². The number of aryl methyl sites for hydroxylation is 2. The lowest BCUT2D eigenvalue weighted by Gasteiger charge is -2.06. The predicted molar refractivity (Wildman–Crippen MR) is 97.5 cm³/mol. The highest BCUT2D eigenvalue weighted by atomic mass is 79.9. The molecule has 0 atom stereocenters. The number of rotatable bonds is 5. The van der Waals surface area contributed by atoms with Gasteiger partial charge in [-0.2, -0.15) is 5.10 Å². The summed E-state index contributed by atoms with van der Waals surface area (Å²) < 4.78 is 15.9. The minimum Gasteiger partial charge on any atom is -0.343 e. The van der Waals surface area contributed by atoms with E-state index in [1.807, 2.05) is 6.92 Å². The molecule has 0 aliphatic heterocycles. The smallest absolute Gasteiger partial charge is 0.244 e. The van der Waals surface area contributed by atoms with Gasteiger partial charge in [0.25, 0.3) is 0 Å². The number of carbonyl (C=O) groups is 2. The summed E-state index contributed by atoms with van der Waals surface area (Å²) in [6, 6.07) is 4.42. The van der Waals surface area contributed by atoms with Crippen LogP contribution in [0.3, 0.4) is 0 Å². The van der Waals surface area contributed by atoms with E-state index >= 15 is 0 Å². The topological polar surface area (TPSA) is 76.0 Å². The molecule has 0 aliphatic carbocycles. The number of hydrogen-bond acceptors (Lipinski definition) is 3. The number of nitrogens with one attached hydrogen (secondary N) is 2. The summed E-state index contributed by atoms with van der Waals surface area (Å²) in [5, 5.41) is 9.37. The molecule has 0 saturated heterocycles. The summed E-state index contributed by atoms with van der Waals surface area (Å²) in [5.74, 6) is -1.30. The van der Waals surface area contributed by atoms with Crippen molar-refractivity contribution in [2.45, 2.75) is 13.8 Å². The van der Waals surface area contributed by atoms with Crippen molar-refractivity contribution in [3.8, 4) is 0 Å². The molecule has 0 fully saturated rings. The third-order valence-electron chi connectivity index (χ3n) is 3.57. The normalized spacial score (nSPS) is 10.9. The van der Waals surface area contributed by atoms with Crippen molar-refractivity contribution in [1.82, 2.24) is 15.1 Å². The number of amides is 2.